The van der Waals surface area contributed by atoms with Crippen LogP contribution in [0.15, 0.2) is 10.7 Å². The monoisotopic (exact) mass is 361 g/mol. The molecule has 1 saturated heterocycles. The summed E-state index contributed by atoms with van der Waals surface area (Å²) in [7, 11) is 4.15. The van der Waals surface area contributed by atoms with Crippen LogP contribution in [0.5, 0.6) is 0 Å². The van der Waals surface area contributed by atoms with E-state index in [1.54, 1.807) is 0 Å². The lowest BCUT2D eigenvalue weighted by Gasteiger charge is -2.33. The van der Waals surface area contributed by atoms with Crippen LogP contribution in [0.4, 0.5) is 0 Å². The highest BCUT2D eigenvalue weighted by atomic mass is 79.9. The molecule has 20 heavy (non-hydrogen) atoms. The second-order valence-electron chi connectivity index (χ2n) is 5.77. The summed E-state index contributed by atoms with van der Waals surface area (Å²) in [4.78, 5) is 2.16. The van der Waals surface area contributed by atoms with Crippen molar-refractivity contribution in [3.05, 3.63) is 16.4 Å². The van der Waals surface area contributed by atoms with Crippen molar-refractivity contribution in [2.75, 3.05) is 26.4 Å². The Kier molecular flexibility index (Phi) is 5.53. The van der Waals surface area contributed by atoms with Crippen LogP contribution in [0.3, 0.4) is 0 Å². The van der Waals surface area contributed by atoms with E-state index in [4.69, 9.17) is 5.84 Å². The predicted molar refractivity (Wildman–Crippen MR) is 88.6 cm³/mol. The molecule has 0 radical (unpaired) electrons. The Morgan fingerprint density at radius 2 is 2.40 bits per heavy atom. The molecule has 114 valence electrons. The third-order valence-electron chi connectivity index (χ3n) is 3.89. The Labute approximate surface area is 133 Å². The fourth-order valence-electron chi connectivity index (χ4n) is 2.70. The molecule has 0 spiro atoms. The molecule has 1 aliphatic heterocycles. The molecule has 1 aliphatic rings. The number of likely N-dealkylation sites (N-methyl/N-ethyl adjacent to an activating group) is 1. The molecular weight excluding hydrogens is 338 g/mol. The lowest BCUT2D eigenvalue weighted by molar-refractivity contribution is 0.347. The van der Waals surface area contributed by atoms with E-state index in [1.807, 2.05) is 18.0 Å². The van der Waals surface area contributed by atoms with Crippen LogP contribution in [0, 0.1) is 0 Å². The number of hydrogen-bond donors (Lipinski definition) is 2. The second-order valence-corrected chi connectivity index (χ2v) is 8.25. The Hall–Kier alpha value is -0.0800. The molecule has 2 atom stereocenters. The van der Waals surface area contributed by atoms with Gasteiger partial charge in [0.1, 0.15) is 0 Å². The van der Waals surface area contributed by atoms with Gasteiger partial charge in [0.05, 0.1) is 29.0 Å². The number of nitrogens with two attached hydrogens (primary N) is 1. The molecule has 0 amide bonds. The standard InChI is InChI=1S/C13H24BrN5S/c1-13(5-4-8-20-13)12(17-15)11-10(14)9-16-19(11)7-6-18(2)3/h9,12,17H,4-8,15H2,1-3H3. The summed E-state index contributed by atoms with van der Waals surface area (Å²) in [6.45, 7) is 4.13. The Bertz CT molecular complexity index is 442. The van der Waals surface area contributed by atoms with Crippen LogP contribution in [-0.2, 0) is 6.54 Å². The topological polar surface area (TPSA) is 59.1 Å². The third kappa shape index (κ3) is 3.39. The van der Waals surface area contributed by atoms with Crippen LogP contribution in [0.2, 0.25) is 0 Å². The average molecular weight is 362 g/mol. The first-order chi connectivity index (χ1) is 9.48. The number of thioether (sulfide) groups is 1. The van der Waals surface area contributed by atoms with Gasteiger partial charge in [-0.25, -0.2) is 5.43 Å². The maximum absolute atomic E-state index is 5.89. The molecule has 2 heterocycles. The highest BCUT2D eigenvalue weighted by molar-refractivity contribution is 9.10. The van der Waals surface area contributed by atoms with Crippen molar-refractivity contribution in [1.29, 1.82) is 0 Å². The highest BCUT2D eigenvalue weighted by Crippen LogP contribution is 2.47. The van der Waals surface area contributed by atoms with E-state index in [2.05, 4.69) is 57.1 Å². The largest absolute Gasteiger partial charge is 0.308 e. The van der Waals surface area contributed by atoms with E-state index >= 15 is 0 Å². The minimum Gasteiger partial charge on any atom is -0.308 e. The zero-order valence-corrected chi connectivity index (χ0v) is 14.8. The van der Waals surface area contributed by atoms with E-state index in [9.17, 15) is 0 Å². The van der Waals surface area contributed by atoms with E-state index < -0.39 is 0 Å². The molecule has 1 aromatic rings. The van der Waals surface area contributed by atoms with Gasteiger partial charge in [0, 0.05) is 11.3 Å². The van der Waals surface area contributed by atoms with Gasteiger partial charge in [-0.15, -0.1) is 0 Å². The summed E-state index contributed by atoms with van der Waals surface area (Å²) in [5.41, 5.74) is 4.19. The fraction of sp³-hybridized carbons (Fsp3) is 0.769. The number of nitrogens with one attached hydrogen (secondary N) is 1. The van der Waals surface area contributed by atoms with Gasteiger partial charge in [-0.3, -0.25) is 10.5 Å². The van der Waals surface area contributed by atoms with Crippen LogP contribution in [0.25, 0.3) is 0 Å². The molecule has 2 unspecified atom stereocenters. The smallest absolute Gasteiger partial charge is 0.0784 e. The van der Waals surface area contributed by atoms with E-state index in [0.717, 1.165) is 23.3 Å². The lowest BCUT2D eigenvalue weighted by Crippen LogP contribution is -2.43. The Balaban J connectivity index is 2.26. The highest BCUT2D eigenvalue weighted by Gasteiger charge is 2.40. The van der Waals surface area contributed by atoms with Gasteiger partial charge in [-0.1, -0.05) is 0 Å². The van der Waals surface area contributed by atoms with Crippen molar-refractivity contribution >= 4 is 27.7 Å². The molecule has 5 nitrogen and oxygen atoms in total. The Morgan fingerprint density at radius 3 is 2.95 bits per heavy atom. The molecule has 0 aliphatic carbocycles. The number of hydrazine groups is 1. The number of rotatable bonds is 6. The first-order valence-electron chi connectivity index (χ1n) is 6.94. The van der Waals surface area contributed by atoms with Crippen LogP contribution in [-0.4, -0.2) is 45.8 Å². The van der Waals surface area contributed by atoms with Crippen molar-refractivity contribution in [1.82, 2.24) is 20.1 Å². The molecule has 0 bridgehead atoms. The van der Waals surface area contributed by atoms with Crippen molar-refractivity contribution in [2.24, 2.45) is 5.84 Å². The minimum atomic E-state index is 0.106. The van der Waals surface area contributed by atoms with Gasteiger partial charge in [-0.05, 0) is 55.5 Å². The summed E-state index contributed by atoms with van der Waals surface area (Å²) >= 11 is 5.64. The second kappa shape index (κ2) is 6.79. The van der Waals surface area contributed by atoms with Gasteiger partial charge >= 0.3 is 0 Å². The molecule has 7 heteroatoms. The molecule has 0 aromatic carbocycles. The van der Waals surface area contributed by atoms with Crippen LogP contribution in [0.1, 0.15) is 31.5 Å². The van der Waals surface area contributed by atoms with E-state index in [-0.39, 0.29) is 10.8 Å². The van der Waals surface area contributed by atoms with Crippen molar-refractivity contribution in [2.45, 2.75) is 37.1 Å². The van der Waals surface area contributed by atoms with Crippen molar-refractivity contribution in [3.8, 4) is 0 Å². The zero-order chi connectivity index (χ0) is 14.8. The van der Waals surface area contributed by atoms with Crippen LogP contribution < -0.4 is 11.3 Å². The number of hydrogen-bond acceptors (Lipinski definition) is 5. The fourth-order valence-corrected chi connectivity index (χ4v) is 4.62. The summed E-state index contributed by atoms with van der Waals surface area (Å²) < 4.78 is 3.24. The molecular formula is C13H24BrN5S. The zero-order valence-electron chi connectivity index (χ0n) is 12.4. The normalized spacial score (nSPS) is 24.5. The van der Waals surface area contributed by atoms with Crippen LogP contribution >= 0.6 is 27.7 Å². The molecule has 0 saturated carbocycles. The first-order valence-corrected chi connectivity index (χ1v) is 8.72. The summed E-state index contributed by atoms with van der Waals surface area (Å²) in [5.74, 6) is 7.09. The van der Waals surface area contributed by atoms with Gasteiger partial charge in [0.2, 0.25) is 0 Å². The van der Waals surface area contributed by atoms with Gasteiger partial charge in [-0.2, -0.15) is 16.9 Å². The summed E-state index contributed by atoms with van der Waals surface area (Å²) in [6.07, 6.45) is 4.30. The third-order valence-corrected chi connectivity index (χ3v) is 6.10. The molecule has 1 aromatic heterocycles. The molecule has 1 fully saturated rings. The maximum atomic E-state index is 5.89. The predicted octanol–water partition coefficient (Wildman–Crippen LogP) is 2.00. The lowest BCUT2D eigenvalue weighted by atomic mass is 9.94. The molecule has 2 rings (SSSR count). The average Bonchev–Trinajstić information content (AvgIpc) is 2.97. The number of halogens is 1. The van der Waals surface area contributed by atoms with Gasteiger partial charge in [0.15, 0.2) is 0 Å². The molecule has 3 N–H and O–H groups in total. The summed E-state index contributed by atoms with van der Waals surface area (Å²) in [5, 5.41) is 4.50. The minimum absolute atomic E-state index is 0.106. The van der Waals surface area contributed by atoms with E-state index in [0.29, 0.717) is 0 Å². The Morgan fingerprint density at radius 1 is 1.65 bits per heavy atom. The number of nitrogens with zero attached hydrogens (tertiary/aromatic N) is 3. The quantitative estimate of drug-likeness (QED) is 0.599. The van der Waals surface area contributed by atoms with Crippen molar-refractivity contribution in [3.63, 3.8) is 0 Å². The summed E-state index contributed by atoms with van der Waals surface area (Å²) in [6, 6.07) is 0.106. The number of aromatic nitrogens is 2. The first kappa shape index (κ1) is 16.3. The van der Waals surface area contributed by atoms with Crippen molar-refractivity contribution < 1.29 is 0 Å². The van der Waals surface area contributed by atoms with E-state index in [1.165, 1.54) is 18.6 Å². The van der Waals surface area contributed by atoms with Gasteiger partial charge < -0.3 is 4.90 Å². The SMILES string of the molecule is CN(C)CCn1ncc(Br)c1C(NN)C1(C)CCCS1. The maximum Gasteiger partial charge on any atom is 0.0784 e. The van der Waals surface area contributed by atoms with Gasteiger partial charge in [0.25, 0.3) is 0 Å².